The molecule has 0 saturated carbocycles. The summed E-state index contributed by atoms with van der Waals surface area (Å²) in [6.45, 7) is 2.56. The van der Waals surface area contributed by atoms with Crippen LogP contribution in [-0.4, -0.2) is 69.3 Å². The molecule has 11 heteroatoms. The minimum absolute atomic E-state index is 0.0880. The second kappa shape index (κ2) is 9.38. The molecule has 0 aliphatic carbocycles. The van der Waals surface area contributed by atoms with Gasteiger partial charge in [0.2, 0.25) is 20.0 Å². The second-order valence-corrected chi connectivity index (χ2v) is 13.3. The molecule has 2 heterocycles. The monoisotopic (exact) mass is 518 g/mol. The number of carbonyl (C=O) groups excluding carboxylic acids is 1. The van der Waals surface area contributed by atoms with Crippen LogP contribution in [0, 0.1) is 0 Å². The number of H-pyrrole nitrogens is 1. The van der Waals surface area contributed by atoms with Crippen LogP contribution >= 0.6 is 0 Å². The smallest absolute Gasteiger partial charge is 0.250 e. The zero-order chi connectivity index (χ0) is 25.5. The summed E-state index contributed by atoms with van der Waals surface area (Å²) in [5, 5.41) is 0.859. The van der Waals surface area contributed by atoms with Crippen molar-refractivity contribution in [2.45, 2.75) is 30.6 Å². The Hall–Kier alpha value is -2.73. The first-order chi connectivity index (χ1) is 16.5. The quantitative estimate of drug-likeness (QED) is 0.496. The molecular weight excluding hydrogens is 488 g/mol. The lowest BCUT2D eigenvalue weighted by molar-refractivity contribution is 0.100. The van der Waals surface area contributed by atoms with Crippen molar-refractivity contribution in [1.82, 2.24) is 13.6 Å². The van der Waals surface area contributed by atoms with Crippen molar-refractivity contribution < 1.29 is 21.6 Å². The number of amides is 1. The van der Waals surface area contributed by atoms with Crippen molar-refractivity contribution in [3.63, 3.8) is 0 Å². The standard InChI is InChI=1S/C24H30N4O5S2/c1-4-34(30,31)28-11-9-17(10-12-28)22-15-26-23-20(22)13-18(14-21(23)24(25)29)16-5-7-19(8-6-16)35(32,33)27(2)3/h5-8,13-15,17,26H,4,9-12H2,1-3H3,(H2,25,29). The van der Waals surface area contributed by atoms with Gasteiger partial charge in [0, 0.05) is 38.8 Å². The van der Waals surface area contributed by atoms with Gasteiger partial charge in [-0.1, -0.05) is 12.1 Å². The van der Waals surface area contributed by atoms with Crippen molar-refractivity contribution in [1.29, 1.82) is 0 Å². The lowest BCUT2D eigenvalue weighted by Crippen LogP contribution is -2.38. The third kappa shape index (κ3) is 4.73. The molecular formula is C24H30N4O5S2. The third-order valence-corrected chi connectivity index (χ3v) is 10.4. The number of nitrogens with two attached hydrogens (primary N) is 1. The van der Waals surface area contributed by atoms with E-state index in [1.54, 1.807) is 41.6 Å². The largest absolute Gasteiger partial charge is 0.366 e. The number of aromatic nitrogens is 1. The van der Waals surface area contributed by atoms with Crippen LogP contribution in [0.2, 0.25) is 0 Å². The number of aromatic amines is 1. The van der Waals surface area contributed by atoms with Crippen LogP contribution in [0.4, 0.5) is 0 Å². The highest BCUT2D eigenvalue weighted by atomic mass is 32.2. The maximum absolute atomic E-state index is 12.4. The summed E-state index contributed by atoms with van der Waals surface area (Å²) in [4.78, 5) is 15.6. The third-order valence-electron chi connectivity index (χ3n) is 6.70. The summed E-state index contributed by atoms with van der Waals surface area (Å²) in [7, 11) is -3.82. The summed E-state index contributed by atoms with van der Waals surface area (Å²) in [5.41, 5.74) is 9.20. The number of piperidine rings is 1. The first-order valence-electron chi connectivity index (χ1n) is 11.4. The minimum atomic E-state index is -3.55. The van der Waals surface area contributed by atoms with Gasteiger partial charge in [-0.05, 0) is 66.6 Å². The van der Waals surface area contributed by atoms with Gasteiger partial charge in [0.15, 0.2) is 0 Å². The molecule has 1 aromatic heterocycles. The number of nitrogens with zero attached hydrogens (tertiary/aromatic N) is 2. The van der Waals surface area contributed by atoms with Gasteiger partial charge in [-0.25, -0.2) is 25.4 Å². The molecule has 1 saturated heterocycles. The van der Waals surface area contributed by atoms with E-state index in [1.165, 1.54) is 14.1 Å². The Labute approximate surface area is 206 Å². The molecule has 1 amide bonds. The fourth-order valence-electron chi connectivity index (χ4n) is 4.61. The van der Waals surface area contributed by atoms with Crippen LogP contribution < -0.4 is 5.73 Å². The number of hydrogen-bond donors (Lipinski definition) is 2. The maximum Gasteiger partial charge on any atom is 0.250 e. The summed E-state index contributed by atoms with van der Waals surface area (Å²) >= 11 is 0. The Bertz CT molecular complexity index is 1470. The van der Waals surface area contributed by atoms with E-state index in [0.717, 1.165) is 26.4 Å². The number of fused-ring (bicyclic) bond motifs is 1. The van der Waals surface area contributed by atoms with E-state index in [0.29, 0.717) is 37.0 Å². The van der Waals surface area contributed by atoms with Crippen LogP contribution in [0.1, 0.15) is 41.6 Å². The molecule has 188 valence electrons. The fraction of sp³-hybridized carbons (Fsp3) is 0.375. The molecule has 3 aromatic rings. The minimum Gasteiger partial charge on any atom is -0.366 e. The van der Waals surface area contributed by atoms with E-state index < -0.39 is 26.0 Å². The maximum atomic E-state index is 12.4. The second-order valence-electron chi connectivity index (χ2n) is 8.94. The van der Waals surface area contributed by atoms with Crippen LogP contribution in [0.5, 0.6) is 0 Å². The summed E-state index contributed by atoms with van der Waals surface area (Å²) < 4.78 is 52.0. The average molecular weight is 519 g/mol. The fourth-order valence-corrected chi connectivity index (χ4v) is 6.64. The van der Waals surface area contributed by atoms with E-state index in [1.807, 2.05) is 12.3 Å². The Morgan fingerprint density at radius 1 is 1.06 bits per heavy atom. The van der Waals surface area contributed by atoms with Crippen LogP contribution in [-0.2, 0) is 20.0 Å². The van der Waals surface area contributed by atoms with E-state index in [4.69, 9.17) is 5.73 Å². The van der Waals surface area contributed by atoms with Gasteiger partial charge in [-0.15, -0.1) is 0 Å². The first-order valence-corrected chi connectivity index (χ1v) is 14.5. The molecule has 9 nitrogen and oxygen atoms in total. The van der Waals surface area contributed by atoms with Crippen LogP contribution in [0.3, 0.4) is 0 Å². The Balaban J connectivity index is 1.72. The molecule has 0 atom stereocenters. The molecule has 0 radical (unpaired) electrons. The van der Waals surface area contributed by atoms with Crippen molar-refractivity contribution in [2.75, 3.05) is 32.9 Å². The zero-order valence-electron chi connectivity index (χ0n) is 20.0. The van der Waals surface area contributed by atoms with Gasteiger partial charge in [0.05, 0.1) is 21.7 Å². The molecule has 0 unspecified atom stereocenters. The lowest BCUT2D eigenvalue weighted by atomic mass is 9.88. The number of carbonyl (C=O) groups is 1. The van der Waals surface area contributed by atoms with Gasteiger partial charge >= 0.3 is 0 Å². The highest BCUT2D eigenvalue weighted by molar-refractivity contribution is 7.89. The lowest BCUT2D eigenvalue weighted by Gasteiger charge is -2.31. The number of primary amides is 1. The zero-order valence-corrected chi connectivity index (χ0v) is 21.6. The average Bonchev–Trinajstić information content (AvgIpc) is 3.27. The highest BCUT2D eigenvalue weighted by Crippen LogP contribution is 2.37. The predicted molar refractivity (Wildman–Crippen MR) is 136 cm³/mol. The molecule has 2 aromatic carbocycles. The molecule has 0 spiro atoms. The van der Waals surface area contributed by atoms with Crippen LogP contribution in [0.25, 0.3) is 22.0 Å². The first kappa shape index (κ1) is 25.4. The van der Waals surface area contributed by atoms with Crippen LogP contribution in [0.15, 0.2) is 47.5 Å². The molecule has 35 heavy (non-hydrogen) atoms. The number of benzene rings is 2. The van der Waals surface area contributed by atoms with Crippen molar-refractivity contribution >= 4 is 36.9 Å². The number of hydrogen-bond acceptors (Lipinski definition) is 5. The van der Waals surface area contributed by atoms with Crippen molar-refractivity contribution in [2.24, 2.45) is 5.73 Å². The highest BCUT2D eigenvalue weighted by Gasteiger charge is 2.29. The Morgan fingerprint density at radius 2 is 1.69 bits per heavy atom. The van der Waals surface area contributed by atoms with Gasteiger partial charge in [-0.2, -0.15) is 0 Å². The molecule has 0 bridgehead atoms. The van der Waals surface area contributed by atoms with Gasteiger partial charge in [0.25, 0.3) is 5.91 Å². The molecule has 1 fully saturated rings. The van der Waals surface area contributed by atoms with Crippen molar-refractivity contribution in [3.8, 4) is 11.1 Å². The predicted octanol–water partition coefficient (Wildman–Crippen LogP) is 2.71. The topological polar surface area (TPSA) is 134 Å². The van der Waals surface area contributed by atoms with E-state index >= 15 is 0 Å². The van der Waals surface area contributed by atoms with Gasteiger partial charge < -0.3 is 10.7 Å². The SMILES string of the molecule is CCS(=O)(=O)N1CCC(c2c[nH]c3c(C(N)=O)cc(-c4ccc(S(=O)(=O)N(C)C)cc4)cc23)CC1. The summed E-state index contributed by atoms with van der Waals surface area (Å²) in [5.74, 6) is -0.346. The Morgan fingerprint density at radius 3 is 2.23 bits per heavy atom. The molecule has 4 rings (SSSR count). The number of rotatable bonds is 7. The number of sulfonamides is 2. The Kier molecular flexibility index (Phi) is 6.80. The van der Waals surface area contributed by atoms with E-state index in [9.17, 15) is 21.6 Å². The summed E-state index contributed by atoms with van der Waals surface area (Å²) in [6, 6.07) is 10.2. The summed E-state index contributed by atoms with van der Waals surface area (Å²) in [6.07, 6.45) is 3.24. The van der Waals surface area contributed by atoms with Gasteiger partial charge in [-0.3, -0.25) is 4.79 Å². The molecule has 3 N–H and O–H groups in total. The number of nitrogens with one attached hydrogen (secondary N) is 1. The van der Waals surface area contributed by atoms with E-state index in [2.05, 4.69) is 4.98 Å². The molecule has 1 aliphatic heterocycles. The normalized spacial score (nSPS) is 16.2. The van der Waals surface area contributed by atoms with E-state index in [-0.39, 0.29) is 16.6 Å². The van der Waals surface area contributed by atoms with Crippen molar-refractivity contribution in [3.05, 3.63) is 53.7 Å². The van der Waals surface area contributed by atoms with Gasteiger partial charge in [0.1, 0.15) is 0 Å². The molecule has 1 aliphatic rings.